The maximum absolute atomic E-state index is 12.3. The Bertz CT molecular complexity index is 774. The molecule has 0 fully saturated rings. The molecular formula is C13H9BrN6O. The topological polar surface area (TPSA) is 85.6 Å². The largest absolute Gasteiger partial charge is 0.319 e. The summed E-state index contributed by atoms with van der Waals surface area (Å²) in [4.78, 5) is 16.4. The van der Waals surface area contributed by atoms with E-state index in [9.17, 15) is 4.79 Å². The van der Waals surface area contributed by atoms with E-state index >= 15 is 0 Å². The predicted molar refractivity (Wildman–Crippen MR) is 79.0 cm³/mol. The number of hydrogen-bond donors (Lipinski definition) is 1. The van der Waals surface area contributed by atoms with Crippen LogP contribution in [0.15, 0.2) is 53.4 Å². The van der Waals surface area contributed by atoms with Gasteiger partial charge in [0, 0.05) is 10.7 Å². The quantitative estimate of drug-likeness (QED) is 0.785. The number of para-hydroxylation sites is 2. The third kappa shape index (κ3) is 2.79. The lowest BCUT2D eigenvalue weighted by Gasteiger charge is -2.10. The molecule has 0 atom stereocenters. The molecule has 2 heterocycles. The number of nitrogens with one attached hydrogen (secondary N) is 1. The molecule has 0 aliphatic rings. The van der Waals surface area contributed by atoms with Gasteiger partial charge in [-0.15, -0.1) is 5.10 Å². The molecule has 0 aliphatic heterocycles. The van der Waals surface area contributed by atoms with Crippen LogP contribution >= 0.6 is 15.9 Å². The molecule has 0 saturated carbocycles. The number of carbonyl (C=O) groups excluding carboxylic acids is 1. The Hall–Kier alpha value is -2.61. The summed E-state index contributed by atoms with van der Waals surface area (Å²) >= 11 is 3.31. The highest BCUT2D eigenvalue weighted by atomic mass is 79.9. The second-order valence-corrected chi connectivity index (χ2v) is 4.91. The normalized spacial score (nSPS) is 10.3. The zero-order chi connectivity index (χ0) is 14.7. The number of benzene rings is 1. The lowest BCUT2D eigenvalue weighted by Crippen LogP contribution is -2.16. The van der Waals surface area contributed by atoms with Crippen molar-refractivity contribution in [1.82, 2.24) is 25.2 Å². The Morgan fingerprint density at radius 3 is 2.81 bits per heavy atom. The predicted octanol–water partition coefficient (Wildman–Crippen LogP) is 2.07. The van der Waals surface area contributed by atoms with Gasteiger partial charge in [-0.05, 0) is 50.6 Å². The maximum Gasteiger partial charge on any atom is 0.275 e. The van der Waals surface area contributed by atoms with E-state index in [1.54, 1.807) is 30.5 Å². The average molecular weight is 345 g/mol. The van der Waals surface area contributed by atoms with Crippen LogP contribution < -0.4 is 5.32 Å². The second-order valence-electron chi connectivity index (χ2n) is 4.06. The summed E-state index contributed by atoms with van der Waals surface area (Å²) in [6, 6.07) is 10.7. The highest BCUT2D eigenvalue weighted by molar-refractivity contribution is 9.10. The summed E-state index contributed by atoms with van der Waals surface area (Å²) in [7, 11) is 0. The third-order valence-electron chi connectivity index (χ3n) is 2.72. The summed E-state index contributed by atoms with van der Waals surface area (Å²) in [6.45, 7) is 0. The maximum atomic E-state index is 12.3. The van der Waals surface area contributed by atoms with Crippen molar-refractivity contribution < 1.29 is 4.79 Å². The van der Waals surface area contributed by atoms with Crippen molar-refractivity contribution in [1.29, 1.82) is 0 Å². The van der Waals surface area contributed by atoms with Crippen LogP contribution in [-0.2, 0) is 0 Å². The Morgan fingerprint density at radius 2 is 2.05 bits per heavy atom. The second kappa shape index (κ2) is 5.80. The van der Waals surface area contributed by atoms with Crippen molar-refractivity contribution in [2.24, 2.45) is 0 Å². The number of rotatable bonds is 3. The highest BCUT2D eigenvalue weighted by Crippen LogP contribution is 2.20. The van der Waals surface area contributed by atoms with Gasteiger partial charge in [0.2, 0.25) is 0 Å². The van der Waals surface area contributed by atoms with Crippen LogP contribution in [0.25, 0.3) is 5.69 Å². The number of nitrogens with zero attached hydrogens (tertiary/aromatic N) is 5. The lowest BCUT2D eigenvalue weighted by atomic mass is 10.2. The third-order valence-corrected chi connectivity index (χ3v) is 3.36. The Labute approximate surface area is 128 Å². The van der Waals surface area contributed by atoms with Gasteiger partial charge in [0.25, 0.3) is 5.91 Å². The van der Waals surface area contributed by atoms with E-state index in [0.29, 0.717) is 21.5 Å². The summed E-state index contributed by atoms with van der Waals surface area (Å²) in [5.74, 6) is -0.317. The van der Waals surface area contributed by atoms with Crippen LogP contribution in [0.4, 0.5) is 5.69 Å². The number of hydrogen-bond acceptors (Lipinski definition) is 5. The molecule has 0 unspecified atom stereocenters. The molecule has 0 spiro atoms. The zero-order valence-electron chi connectivity index (χ0n) is 10.6. The molecule has 7 nitrogen and oxygen atoms in total. The van der Waals surface area contributed by atoms with Gasteiger partial charge in [0.1, 0.15) is 12.0 Å². The number of amides is 1. The van der Waals surface area contributed by atoms with Gasteiger partial charge in [-0.2, -0.15) is 4.68 Å². The van der Waals surface area contributed by atoms with Gasteiger partial charge in [-0.25, -0.2) is 4.98 Å². The van der Waals surface area contributed by atoms with Crippen LogP contribution in [0.3, 0.4) is 0 Å². The number of anilines is 1. The fourth-order valence-electron chi connectivity index (χ4n) is 1.79. The first kappa shape index (κ1) is 13.4. The molecular weight excluding hydrogens is 336 g/mol. The highest BCUT2D eigenvalue weighted by Gasteiger charge is 2.14. The van der Waals surface area contributed by atoms with E-state index < -0.39 is 0 Å². The van der Waals surface area contributed by atoms with Crippen LogP contribution in [0.5, 0.6) is 0 Å². The van der Waals surface area contributed by atoms with E-state index in [-0.39, 0.29) is 5.91 Å². The van der Waals surface area contributed by atoms with Crippen molar-refractivity contribution in [3.8, 4) is 5.69 Å². The standard InChI is InChI=1S/C13H9BrN6O/c14-9-4-3-7-15-12(9)13(21)17-10-5-1-2-6-11(10)20-8-16-18-19-20/h1-8H,(H,17,21). The smallest absolute Gasteiger partial charge is 0.275 e. The number of halogens is 1. The van der Waals surface area contributed by atoms with Crippen molar-refractivity contribution in [2.75, 3.05) is 5.32 Å². The molecule has 0 aliphatic carbocycles. The van der Waals surface area contributed by atoms with Gasteiger partial charge in [0.15, 0.2) is 0 Å². The monoisotopic (exact) mass is 344 g/mol. The van der Waals surface area contributed by atoms with E-state index in [1.165, 1.54) is 11.0 Å². The number of pyridine rings is 1. The van der Waals surface area contributed by atoms with E-state index in [0.717, 1.165) is 0 Å². The van der Waals surface area contributed by atoms with Gasteiger partial charge in [-0.1, -0.05) is 12.1 Å². The SMILES string of the molecule is O=C(Nc1ccccc1-n1cnnn1)c1ncccc1Br. The van der Waals surface area contributed by atoms with Gasteiger partial charge >= 0.3 is 0 Å². The van der Waals surface area contributed by atoms with E-state index in [1.807, 2.05) is 12.1 Å². The molecule has 0 saturated heterocycles. The van der Waals surface area contributed by atoms with Gasteiger partial charge < -0.3 is 5.32 Å². The first-order valence-electron chi connectivity index (χ1n) is 6.00. The van der Waals surface area contributed by atoms with E-state index in [2.05, 4.69) is 41.8 Å². The summed E-state index contributed by atoms with van der Waals surface area (Å²) in [6.07, 6.45) is 3.02. The molecule has 21 heavy (non-hydrogen) atoms. The van der Waals surface area contributed by atoms with Crippen LogP contribution in [0.1, 0.15) is 10.5 Å². The zero-order valence-corrected chi connectivity index (χ0v) is 12.2. The lowest BCUT2D eigenvalue weighted by molar-refractivity contribution is 0.102. The molecule has 1 aromatic carbocycles. The first-order valence-corrected chi connectivity index (χ1v) is 6.79. The number of aromatic nitrogens is 5. The van der Waals surface area contributed by atoms with Crippen molar-refractivity contribution >= 4 is 27.5 Å². The fraction of sp³-hybridized carbons (Fsp3) is 0. The fourth-order valence-corrected chi connectivity index (χ4v) is 2.22. The summed E-state index contributed by atoms with van der Waals surface area (Å²) < 4.78 is 2.10. The molecule has 8 heteroatoms. The van der Waals surface area contributed by atoms with Gasteiger partial charge in [-0.3, -0.25) is 4.79 Å². The molecule has 3 aromatic rings. The Kier molecular flexibility index (Phi) is 3.69. The molecule has 0 bridgehead atoms. The summed E-state index contributed by atoms with van der Waals surface area (Å²) in [5.41, 5.74) is 1.57. The average Bonchev–Trinajstić information content (AvgIpc) is 3.02. The van der Waals surface area contributed by atoms with Crippen LogP contribution in [0.2, 0.25) is 0 Å². The molecule has 3 rings (SSSR count). The Morgan fingerprint density at radius 1 is 1.19 bits per heavy atom. The Balaban J connectivity index is 1.93. The van der Waals surface area contributed by atoms with Crippen LogP contribution in [0, 0.1) is 0 Å². The summed E-state index contributed by atoms with van der Waals surface area (Å²) in [5, 5.41) is 13.8. The minimum Gasteiger partial charge on any atom is -0.319 e. The minimum absolute atomic E-state index is 0.309. The minimum atomic E-state index is -0.317. The van der Waals surface area contributed by atoms with Crippen LogP contribution in [-0.4, -0.2) is 31.1 Å². The molecule has 104 valence electrons. The first-order chi connectivity index (χ1) is 10.3. The van der Waals surface area contributed by atoms with Gasteiger partial charge in [0.05, 0.1) is 11.4 Å². The van der Waals surface area contributed by atoms with Crippen molar-refractivity contribution in [3.05, 3.63) is 59.1 Å². The molecule has 0 radical (unpaired) electrons. The molecule has 2 aromatic heterocycles. The van der Waals surface area contributed by atoms with Crippen molar-refractivity contribution in [3.63, 3.8) is 0 Å². The molecule has 1 N–H and O–H groups in total. The molecule has 1 amide bonds. The van der Waals surface area contributed by atoms with E-state index in [4.69, 9.17) is 0 Å². The number of tetrazole rings is 1. The number of carbonyl (C=O) groups is 1. The van der Waals surface area contributed by atoms with Crippen molar-refractivity contribution in [2.45, 2.75) is 0 Å².